The van der Waals surface area contributed by atoms with Crippen LogP contribution < -0.4 is 9.47 Å². The first-order chi connectivity index (χ1) is 16.4. The summed E-state index contributed by atoms with van der Waals surface area (Å²) < 4.78 is 17.0. The Morgan fingerprint density at radius 3 is 2.44 bits per heavy atom. The fraction of sp³-hybridized carbons (Fsp3) is 0.407. The zero-order valence-corrected chi connectivity index (χ0v) is 19.5. The van der Waals surface area contributed by atoms with Crippen LogP contribution in [-0.4, -0.2) is 54.2 Å². The number of carbonyl (C=O) groups excluding carboxylic acids is 2. The van der Waals surface area contributed by atoms with E-state index in [9.17, 15) is 14.7 Å². The number of aliphatic hydroxyl groups is 1. The molecule has 0 spiro atoms. The number of aliphatic hydroxyl groups excluding tert-OH is 1. The summed E-state index contributed by atoms with van der Waals surface area (Å²) in [5, 5.41) is 11.3. The van der Waals surface area contributed by atoms with Gasteiger partial charge in [-0.2, -0.15) is 0 Å². The molecule has 0 bridgehead atoms. The van der Waals surface area contributed by atoms with Crippen LogP contribution in [0, 0.1) is 0 Å². The van der Waals surface area contributed by atoms with Gasteiger partial charge in [-0.15, -0.1) is 0 Å². The molecule has 0 aromatic heterocycles. The molecule has 2 atom stereocenters. The smallest absolute Gasteiger partial charge is 0.295 e. The second kappa shape index (κ2) is 9.14. The maximum Gasteiger partial charge on any atom is 0.295 e. The number of amides is 1. The van der Waals surface area contributed by atoms with Crippen LogP contribution in [0.15, 0.2) is 48.0 Å². The molecule has 178 valence electrons. The van der Waals surface area contributed by atoms with Gasteiger partial charge in [0.15, 0.2) is 11.5 Å². The first-order valence-electron chi connectivity index (χ1n) is 11.8. The van der Waals surface area contributed by atoms with Gasteiger partial charge >= 0.3 is 0 Å². The van der Waals surface area contributed by atoms with Crippen LogP contribution in [0.25, 0.3) is 5.76 Å². The molecule has 2 aromatic rings. The topological polar surface area (TPSA) is 85.3 Å². The maximum atomic E-state index is 13.2. The Balaban J connectivity index is 1.59. The first kappa shape index (κ1) is 22.5. The van der Waals surface area contributed by atoms with E-state index in [1.54, 1.807) is 23.1 Å². The predicted octanol–water partition coefficient (Wildman–Crippen LogP) is 4.18. The Kier molecular flexibility index (Phi) is 6.04. The van der Waals surface area contributed by atoms with E-state index in [0.717, 1.165) is 24.0 Å². The normalized spacial score (nSPS) is 23.7. The number of Topliss-reactive ketones (excluding diaryl/α,β-unsaturated/α-hetero) is 1. The number of ketones is 1. The molecule has 2 aromatic carbocycles. The minimum atomic E-state index is -0.696. The van der Waals surface area contributed by atoms with Crippen molar-refractivity contribution >= 4 is 17.4 Å². The van der Waals surface area contributed by atoms with Gasteiger partial charge in [-0.3, -0.25) is 9.59 Å². The number of fused-ring (bicyclic) bond motifs is 1. The molecule has 3 aliphatic heterocycles. The third kappa shape index (κ3) is 4.05. The van der Waals surface area contributed by atoms with E-state index in [2.05, 4.69) is 13.8 Å². The molecule has 7 nitrogen and oxygen atoms in total. The van der Waals surface area contributed by atoms with Crippen LogP contribution in [0.2, 0.25) is 0 Å². The van der Waals surface area contributed by atoms with Gasteiger partial charge in [0.05, 0.1) is 17.7 Å². The van der Waals surface area contributed by atoms with Crippen molar-refractivity contribution in [3.05, 3.63) is 64.7 Å². The lowest BCUT2D eigenvalue weighted by atomic mass is 9.93. The average Bonchev–Trinajstić information content (AvgIpc) is 3.46. The highest BCUT2D eigenvalue weighted by Crippen LogP contribution is 2.41. The Bertz CT molecular complexity index is 1130. The molecule has 7 heteroatoms. The molecule has 2 saturated heterocycles. The van der Waals surface area contributed by atoms with Gasteiger partial charge in [-0.05, 0) is 48.1 Å². The van der Waals surface area contributed by atoms with Crippen LogP contribution in [-0.2, 0) is 14.3 Å². The van der Waals surface area contributed by atoms with Crippen molar-refractivity contribution < 1.29 is 28.9 Å². The summed E-state index contributed by atoms with van der Waals surface area (Å²) in [6, 6.07) is 12.2. The molecule has 5 rings (SSSR count). The number of likely N-dealkylation sites (tertiary alicyclic amines) is 1. The number of carbonyl (C=O) groups is 2. The molecule has 1 amide bonds. The minimum absolute atomic E-state index is 0.0805. The second-order valence-electron chi connectivity index (χ2n) is 9.27. The Morgan fingerprint density at radius 1 is 1.03 bits per heavy atom. The minimum Gasteiger partial charge on any atom is -0.507 e. The first-order valence-corrected chi connectivity index (χ1v) is 11.8. The number of ether oxygens (including phenoxy) is 3. The van der Waals surface area contributed by atoms with E-state index < -0.39 is 17.7 Å². The number of hydrogen-bond donors (Lipinski definition) is 1. The highest BCUT2D eigenvalue weighted by molar-refractivity contribution is 6.46. The molecule has 0 saturated carbocycles. The molecule has 1 N–H and O–H groups in total. The van der Waals surface area contributed by atoms with E-state index >= 15 is 0 Å². The van der Waals surface area contributed by atoms with Gasteiger partial charge in [-0.1, -0.05) is 38.1 Å². The highest BCUT2D eigenvalue weighted by atomic mass is 16.6. The van der Waals surface area contributed by atoms with Gasteiger partial charge in [-0.25, -0.2) is 0 Å². The molecule has 0 aliphatic carbocycles. The van der Waals surface area contributed by atoms with Crippen molar-refractivity contribution in [2.75, 3.05) is 26.4 Å². The van der Waals surface area contributed by atoms with Gasteiger partial charge in [0.2, 0.25) is 0 Å². The second-order valence-corrected chi connectivity index (χ2v) is 9.27. The number of nitrogens with zero attached hydrogens (tertiary/aromatic N) is 1. The van der Waals surface area contributed by atoms with Crippen LogP contribution >= 0.6 is 0 Å². The standard InChI is InChI=1S/C27H29NO6/c1-16(2)17-5-7-18(8-6-17)24-23(26(30)27(31)28(24)15-20-4-3-11-32-20)25(29)19-9-10-21-22(14-19)34-13-12-33-21/h5-10,14,16,20,24,29H,3-4,11-13,15H2,1-2H3/b25-23-. The van der Waals surface area contributed by atoms with Crippen LogP contribution in [0.3, 0.4) is 0 Å². The van der Waals surface area contributed by atoms with Crippen molar-refractivity contribution in [1.29, 1.82) is 0 Å². The monoisotopic (exact) mass is 463 g/mol. The Labute approximate surface area is 198 Å². The molecular weight excluding hydrogens is 434 g/mol. The van der Waals surface area contributed by atoms with Gasteiger partial charge in [0, 0.05) is 18.7 Å². The van der Waals surface area contributed by atoms with Gasteiger partial charge in [0.25, 0.3) is 11.7 Å². The third-order valence-electron chi connectivity index (χ3n) is 6.70. The van der Waals surface area contributed by atoms with E-state index in [4.69, 9.17) is 14.2 Å². The summed E-state index contributed by atoms with van der Waals surface area (Å²) in [6.45, 7) is 6.05. The summed E-state index contributed by atoms with van der Waals surface area (Å²) in [7, 11) is 0. The van der Waals surface area contributed by atoms with E-state index in [1.165, 1.54) is 0 Å². The van der Waals surface area contributed by atoms with E-state index in [-0.39, 0.29) is 17.4 Å². The van der Waals surface area contributed by atoms with E-state index in [0.29, 0.717) is 49.3 Å². The fourth-order valence-electron chi connectivity index (χ4n) is 4.83. The summed E-state index contributed by atoms with van der Waals surface area (Å²) in [4.78, 5) is 28.0. The van der Waals surface area contributed by atoms with Crippen molar-refractivity contribution in [1.82, 2.24) is 4.90 Å². The Hall–Kier alpha value is -3.32. The van der Waals surface area contributed by atoms with E-state index in [1.807, 2.05) is 24.3 Å². The molecule has 3 aliphatic rings. The number of hydrogen-bond acceptors (Lipinski definition) is 6. The number of benzene rings is 2. The zero-order chi connectivity index (χ0) is 23.8. The number of rotatable bonds is 5. The maximum absolute atomic E-state index is 13.2. The summed E-state index contributed by atoms with van der Waals surface area (Å²) in [6.07, 6.45) is 1.65. The van der Waals surface area contributed by atoms with Crippen LogP contribution in [0.1, 0.15) is 55.3 Å². The third-order valence-corrected chi connectivity index (χ3v) is 6.70. The molecular formula is C27H29NO6. The van der Waals surface area contributed by atoms with Gasteiger partial charge in [0.1, 0.15) is 19.0 Å². The SMILES string of the molecule is CC(C)c1ccc(C2/C(=C(/O)c3ccc4c(c3)OCCO4)C(=O)C(=O)N2CC2CCCO2)cc1. The van der Waals surface area contributed by atoms with Crippen molar-refractivity contribution in [2.45, 2.75) is 44.8 Å². The summed E-state index contributed by atoms with van der Waals surface area (Å²) in [5.74, 6) is -0.0897. The lowest BCUT2D eigenvalue weighted by molar-refractivity contribution is -0.140. The zero-order valence-electron chi connectivity index (χ0n) is 19.5. The van der Waals surface area contributed by atoms with Crippen LogP contribution in [0.4, 0.5) is 0 Å². The quantitative estimate of drug-likeness (QED) is 0.407. The van der Waals surface area contributed by atoms with Crippen molar-refractivity contribution in [3.63, 3.8) is 0 Å². The largest absolute Gasteiger partial charge is 0.507 e. The molecule has 2 fully saturated rings. The molecule has 3 heterocycles. The lowest BCUT2D eigenvalue weighted by Crippen LogP contribution is -2.36. The highest BCUT2D eigenvalue weighted by Gasteiger charge is 2.47. The average molecular weight is 464 g/mol. The van der Waals surface area contributed by atoms with Crippen molar-refractivity contribution in [3.8, 4) is 11.5 Å². The summed E-state index contributed by atoms with van der Waals surface area (Å²) >= 11 is 0. The molecule has 2 unspecified atom stereocenters. The molecule has 0 radical (unpaired) electrons. The van der Waals surface area contributed by atoms with Crippen molar-refractivity contribution in [2.24, 2.45) is 0 Å². The lowest BCUT2D eigenvalue weighted by Gasteiger charge is -2.28. The summed E-state index contributed by atoms with van der Waals surface area (Å²) in [5.41, 5.74) is 2.42. The fourth-order valence-corrected chi connectivity index (χ4v) is 4.83. The Morgan fingerprint density at radius 2 is 1.76 bits per heavy atom. The van der Waals surface area contributed by atoms with Crippen LogP contribution in [0.5, 0.6) is 11.5 Å². The molecule has 34 heavy (non-hydrogen) atoms. The predicted molar refractivity (Wildman–Crippen MR) is 126 cm³/mol. The van der Waals surface area contributed by atoms with Gasteiger partial charge < -0.3 is 24.2 Å².